The molecule has 0 spiro atoms. The molecule has 176 valence electrons. The van der Waals surface area contributed by atoms with Crippen molar-refractivity contribution < 1.29 is 23.5 Å². The number of ether oxygens (including phenoxy) is 2. The Kier molecular flexibility index (Phi) is 7.42. The normalized spacial score (nSPS) is 13.9. The standard InChI is InChI=1S/C27H27FN2O4/c1-2-33-23-11-13-25(14-12-23)34-24-9-7-22(8-10-24)29-26(31)19-15-17-30(18-16-19)27(32)20-3-5-21(28)6-4-20/h3-14,19H,2,15-18H2,1H3,(H,29,31). The number of carbonyl (C=O) groups excluding carboxylic acids is 2. The van der Waals surface area contributed by atoms with Crippen molar-refractivity contribution in [1.82, 2.24) is 4.90 Å². The first kappa shape index (κ1) is 23.3. The third-order valence-electron chi connectivity index (χ3n) is 5.74. The summed E-state index contributed by atoms with van der Waals surface area (Å²) >= 11 is 0. The molecule has 7 heteroatoms. The minimum atomic E-state index is -0.373. The molecule has 1 saturated heterocycles. The van der Waals surface area contributed by atoms with Gasteiger partial charge in [0.1, 0.15) is 23.1 Å². The number of benzene rings is 3. The van der Waals surface area contributed by atoms with Gasteiger partial charge in [-0.1, -0.05) is 0 Å². The Balaban J connectivity index is 1.26. The van der Waals surface area contributed by atoms with Crippen LogP contribution in [0.2, 0.25) is 0 Å². The van der Waals surface area contributed by atoms with Gasteiger partial charge < -0.3 is 19.7 Å². The molecule has 1 heterocycles. The molecule has 3 aromatic carbocycles. The highest BCUT2D eigenvalue weighted by atomic mass is 19.1. The van der Waals surface area contributed by atoms with Crippen molar-refractivity contribution in [2.24, 2.45) is 5.92 Å². The summed E-state index contributed by atoms with van der Waals surface area (Å²) in [7, 11) is 0. The number of piperidine rings is 1. The molecule has 0 aliphatic carbocycles. The van der Waals surface area contributed by atoms with Crippen LogP contribution in [0.15, 0.2) is 72.8 Å². The molecule has 6 nitrogen and oxygen atoms in total. The average Bonchev–Trinajstić information content (AvgIpc) is 2.87. The van der Waals surface area contributed by atoms with Crippen LogP contribution in [-0.2, 0) is 4.79 Å². The fraction of sp³-hybridized carbons (Fsp3) is 0.259. The predicted octanol–water partition coefficient (Wildman–Crippen LogP) is 5.51. The number of carbonyl (C=O) groups is 2. The Morgan fingerprint density at radius 2 is 1.44 bits per heavy atom. The number of nitrogens with zero attached hydrogens (tertiary/aromatic N) is 1. The lowest BCUT2D eigenvalue weighted by molar-refractivity contribution is -0.121. The third-order valence-corrected chi connectivity index (χ3v) is 5.74. The van der Waals surface area contributed by atoms with Gasteiger partial charge in [-0.3, -0.25) is 9.59 Å². The van der Waals surface area contributed by atoms with Gasteiger partial charge in [-0.2, -0.15) is 0 Å². The lowest BCUT2D eigenvalue weighted by Gasteiger charge is -2.31. The summed E-state index contributed by atoms with van der Waals surface area (Å²) in [5.74, 6) is 1.41. The molecule has 34 heavy (non-hydrogen) atoms. The van der Waals surface area contributed by atoms with Gasteiger partial charge in [0.2, 0.25) is 5.91 Å². The number of anilines is 1. The molecular formula is C27H27FN2O4. The molecule has 0 aromatic heterocycles. The minimum absolute atomic E-state index is 0.0611. The number of likely N-dealkylation sites (tertiary alicyclic amines) is 1. The highest BCUT2D eigenvalue weighted by molar-refractivity contribution is 5.95. The molecule has 0 bridgehead atoms. The van der Waals surface area contributed by atoms with Crippen molar-refractivity contribution >= 4 is 17.5 Å². The molecule has 1 N–H and O–H groups in total. The van der Waals surface area contributed by atoms with Gasteiger partial charge in [0.05, 0.1) is 6.61 Å². The number of rotatable bonds is 7. The fourth-order valence-electron chi connectivity index (χ4n) is 3.88. The van der Waals surface area contributed by atoms with Gasteiger partial charge in [0, 0.05) is 30.3 Å². The number of nitrogens with one attached hydrogen (secondary N) is 1. The molecule has 0 saturated carbocycles. The summed E-state index contributed by atoms with van der Waals surface area (Å²) in [4.78, 5) is 27.0. The molecule has 0 radical (unpaired) electrons. The van der Waals surface area contributed by atoms with Gasteiger partial charge in [-0.25, -0.2) is 4.39 Å². The maximum Gasteiger partial charge on any atom is 0.253 e. The second-order valence-corrected chi connectivity index (χ2v) is 8.09. The van der Waals surface area contributed by atoms with Crippen LogP contribution in [0.4, 0.5) is 10.1 Å². The average molecular weight is 463 g/mol. The molecule has 3 aromatic rings. The first-order chi connectivity index (χ1) is 16.5. The number of amides is 2. The van der Waals surface area contributed by atoms with E-state index in [1.54, 1.807) is 29.2 Å². The topological polar surface area (TPSA) is 67.9 Å². The second kappa shape index (κ2) is 10.8. The zero-order valence-corrected chi connectivity index (χ0v) is 19.0. The van der Waals surface area contributed by atoms with Crippen LogP contribution in [0.1, 0.15) is 30.1 Å². The zero-order chi connectivity index (χ0) is 23.9. The molecule has 0 atom stereocenters. The smallest absolute Gasteiger partial charge is 0.253 e. The van der Waals surface area contributed by atoms with E-state index in [1.165, 1.54) is 24.3 Å². The van der Waals surface area contributed by atoms with Gasteiger partial charge in [0.25, 0.3) is 5.91 Å². The summed E-state index contributed by atoms with van der Waals surface area (Å²) in [6.45, 7) is 3.53. The Hall–Kier alpha value is -3.87. The lowest BCUT2D eigenvalue weighted by atomic mass is 9.95. The highest BCUT2D eigenvalue weighted by Crippen LogP contribution is 2.26. The quantitative estimate of drug-likeness (QED) is 0.503. The first-order valence-electron chi connectivity index (χ1n) is 11.4. The van der Waals surface area contributed by atoms with E-state index in [9.17, 15) is 14.0 Å². The summed E-state index contributed by atoms with van der Waals surface area (Å²) < 4.78 is 24.4. The van der Waals surface area contributed by atoms with E-state index in [1.807, 2.05) is 31.2 Å². The van der Waals surface area contributed by atoms with E-state index in [-0.39, 0.29) is 23.5 Å². The number of hydrogen-bond acceptors (Lipinski definition) is 4. The minimum Gasteiger partial charge on any atom is -0.494 e. The van der Waals surface area contributed by atoms with Crippen LogP contribution < -0.4 is 14.8 Å². The summed E-state index contributed by atoms with van der Waals surface area (Å²) in [5.41, 5.74) is 1.14. The van der Waals surface area contributed by atoms with Gasteiger partial charge in [-0.05, 0) is 92.6 Å². The Bertz CT molecular complexity index is 1110. The van der Waals surface area contributed by atoms with Crippen LogP contribution in [0.25, 0.3) is 0 Å². The van der Waals surface area contributed by atoms with Crippen LogP contribution >= 0.6 is 0 Å². The monoisotopic (exact) mass is 462 g/mol. The van der Waals surface area contributed by atoms with Crippen molar-refractivity contribution in [3.63, 3.8) is 0 Å². The predicted molar refractivity (Wildman–Crippen MR) is 128 cm³/mol. The summed E-state index contributed by atoms with van der Waals surface area (Å²) in [6, 6.07) is 20.1. The molecule has 1 fully saturated rings. The van der Waals surface area contributed by atoms with Crippen LogP contribution in [0.3, 0.4) is 0 Å². The highest BCUT2D eigenvalue weighted by Gasteiger charge is 2.28. The lowest BCUT2D eigenvalue weighted by Crippen LogP contribution is -2.41. The van der Waals surface area contributed by atoms with Crippen LogP contribution in [0, 0.1) is 11.7 Å². The van der Waals surface area contributed by atoms with Gasteiger partial charge >= 0.3 is 0 Å². The van der Waals surface area contributed by atoms with Crippen molar-refractivity contribution in [3.05, 3.63) is 84.2 Å². The van der Waals surface area contributed by atoms with E-state index in [4.69, 9.17) is 9.47 Å². The maximum absolute atomic E-state index is 13.1. The van der Waals surface area contributed by atoms with Gasteiger partial charge in [-0.15, -0.1) is 0 Å². The van der Waals surface area contributed by atoms with Crippen molar-refractivity contribution in [3.8, 4) is 17.2 Å². The Morgan fingerprint density at radius 1 is 0.882 bits per heavy atom. The van der Waals surface area contributed by atoms with Crippen LogP contribution in [-0.4, -0.2) is 36.4 Å². The SMILES string of the molecule is CCOc1ccc(Oc2ccc(NC(=O)C3CCN(C(=O)c4ccc(F)cc4)CC3)cc2)cc1. The fourth-order valence-corrected chi connectivity index (χ4v) is 3.88. The number of halogens is 1. The Labute approximate surface area is 198 Å². The van der Waals surface area contributed by atoms with E-state index in [2.05, 4.69) is 5.32 Å². The molecule has 4 rings (SSSR count). The van der Waals surface area contributed by atoms with E-state index >= 15 is 0 Å². The largest absolute Gasteiger partial charge is 0.494 e. The van der Waals surface area contributed by atoms with Crippen molar-refractivity contribution in [2.75, 3.05) is 25.0 Å². The molecule has 1 aliphatic heterocycles. The molecular weight excluding hydrogens is 435 g/mol. The van der Waals surface area contributed by atoms with Crippen LogP contribution in [0.5, 0.6) is 17.2 Å². The van der Waals surface area contributed by atoms with E-state index in [0.717, 1.165) is 5.75 Å². The van der Waals surface area contributed by atoms with Gasteiger partial charge in [0.15, 0.2) is 0 Å². The van der Waals surface area contributed by atoms with E-state index in [0.29, 0.717) is 55.3 Å². The van der Waals surface area contributed by atoms with Crippen molar-refractivity contribution in [1.29, 1.82) is 0 Å². The molecule has 0 unspecified atom stereocenters. The Morgan fingerprint density at radius 3 is 2.03 bits per heavy atom. The third kappa shape index (κ3) is 5.92. The molecule has 2 amide bonds. The molecule has 1 aliphatic rings. The van der Waals surface area contributed by atoms with Crippen molar-refractivity contribution in [2.45, 2.75) is 19.8 Å². The zero-order valence-electron chi connectivity index (χ0n) is 19.0. The second-order valence-electron chi connectivity index (χ2n) is 8.09. The maximum atomic E-state index is 13.1. The first-order valence-corrected chi connectivity index (χ1v) is 11.4. The summed E-state index contributed by atoms with van der Waals surface area (Å²) in [5, 5.41) is 2.95. The summed E-state index contributed by atoms with van der Waals surface area (Å²) in [6.07, 6.45) is 1.16. The van der Waals surface area contributed by atoms with E-state index < -0.39 is 0 Å². The number of hydrogen-bond donors (Lipinski definition) is 1.